The van der Waals surface area contributed by atoms with E-state index in [0.29, 0.717) is 24.0 Å². The highest BCUT2D eigenvalue weighted by atomic mass is 32.1. The lowest BCUT2D eigenvalue weighted by Gasteiger charge is -2.12. The van der Waals surface area contributed by atoms with Gasteiger partial charge in [0, 0.05) is 38.6 Å². The summed E-state index contributed by atoms with van der Waals surface area (Å²) in [6.45, 7) is 5.91. The SMILES string of the molecule is CCn1cc(/C=C2/NC(=S)N(CCCOC)C2=O)c(C)n1. The first kappa shape index (κ1) is 15.7. The van der Waals surface area contributed by atoms with Crippen molar-refractivity contribution in [3.8, 4) is 0 Å². The molecule has 0 radical (unpaired) electrons. The van der Waals surface area contributed by atoms with Crippen LogP contribution in [0.2, 0.25) is 0 Å². The van der Waals surface area contributed by atoms with E-state index in [9.17, 15) is 4.79 Å². The minimum atomic E-state index is -0.0975. The van der Waals surface area contributed by atoms with E-state index >= 15 is 0 Å². The van der Waals surface area contributed by atoms with Crippen molar-refractivity contribution in [1.29, 1.82) is 0 Å². The van der Waals surface area contributed by atoms with Gasteiger partial charge in [0.2, 0.25) is 0 Å². The average Bonchev–Trinajstić information content (AvgIpc) is 2.94. The van der Waals surface area contributed by atoms with Gasteiger partial charge in [-0.05, 0) is 38.6 Å². The quantitative estimate of drug-likeness (QED) is 0.488. The second kappa shape index (κ2) is 6.82. The summed E-state index contributed by atoms with van der Waals surface area (Å²) in [5.41, 5.74) is 2.31. The third kappa shape index (κ3) is 3.48. The van der Waals surface area contributed by atoms with Gasteiger partial charge in [0.25, 0.3) is 5.91 Å². The Kier molecular flexibility index (Phi) is 5.08. The lowest BCUT2D eigenvalue weighted by atomic mass is 10.2. The summed E-state index contributed by atoms with van der Waals surface area (Å²) in [6, 6.07) is 0. The van der Waals surface area contributed by atoms with Crippen molar-refractivity contribution in [2.24, 2.45) is 0 Å². The van der Waals surface area contributed by atoms with E-state index in [1.807, 2.05) is 24.7 Å². The van der Waals surface area contributed by atoms with Crippen molar-refractivity contribution in [3.05, 3.63) is 23.2 Å². The van der Waals surface area contributed by atoms with Gasteiger partial charge in [-0.2, -0.15) is 5.10 Å². The highest BCUT2D eigenvalue weighted by Gasteiger charge is 2.30. The second-order valence-electron chi connectivity index (χ2n) is 4.82. The summed E-state index contributed by atoms with van der Waals surface area (Å²) < 4.78 is 6.84. The zero-order chi connectivity index (χ0) is 15.4. The van der Waals surface area contributed by atoms with Crippen LogP contribution in [0.3, 0.4) is 0 Å². The second-order valence-corrected chi connectivity index (χ2v) is 5.20. The van der Waals surface area contributed by atoms with Crippen LogP contribution in [-0.4, -0.2) is 46.0 Å². The summed E-state index contributed by atoms with van der Waals surface area (Å²) in [5, 5.41) is 7.79. The summed E-state index contributed by atoms with van der Waals surface area (Å²) in [6.07, 6.45) is 4.48. The van der Waals surface area contributed by atoms with Gasteiger partial charge < -0.3 is 10.1 Å². The molecule has 114 valence electrons. The van der Waals surface area contributed by atoms with Crippen LogP contribution in [0.1, 0.15) is 24.6 Å². The Balaban J connectivity index is 2.13. The highest BCUT2D eigenvalue weighted by molar-refractivity contribution is 7.80. The molecule has 0 bridgehead atoms. The molecule has 1 N–H and O–H groups in total. The number of rotatable bonds is 6. The molecular formula is C14H20N4O2S. The number of carbonyl (C=O) groups excluding carboxylic acids is 1. The molecule has 1 saturated heterocycles. The van der Waals surface area contributed by atoms with E-state index < -0.39 is 0 Å². The number of aromatic nitrogens is 2. The van der Waals surface area contributed by atoms with Crippen LogP contribution in [0.25, 0.3) is 6.08 Å². The fourth-order valence-electron chi connectivity index (χ4n) is 2.13. The van der Waals surface area contributed by atoms with E-state index in [-0.39, 0.29) is 5.91 Å². The van der Waals surface area contributed by atoms with E-state index in [1.54, 1.807) is 18.1 Å². The van der Waals surface area contributed by atoms with Gasteiger partial charge in [-0.25, -0.2) is 0 Å². The van der Waals surface area contributed by atoms with Gasteiger partial charge in [-0.15, -0.1) is 0 Å². The van der Waals surface area contributed by atoms with Crippen molar-refractivity contribution >= 4 is 29.3 Å². The zero-order valence-corrected chi connectivity index (χ0v) is 13.4. The van der Waals surface area contributed by atoms with E-state index in [0.717, 1.165) is 24.2 Å². The van der Waals surface area contributed by atoms with Crippen LogP contribution in [0, 0.1) is 6.92 Å². The Morgan fingerprint density at radius 2 is 2.29 bits per heavy atom. The van der Waals surface area contributed by atoms with Gasteiger partial charge >= 0.3 is 0 Å². The minimum Gasteiger partial charge on any atom is -0.385 e. The topological polar surface area (TPSA) is 59.4 Å². The van der Waals surface area contributed by atoms with Crippen LogP contribution in [-0.2, 0) is 16.1 Å². The van der Waals surface area contributed by atoms with E-state index in [2.05, 4.69) is 10.4 Å². The lowest BCUT2D eigenvalue weighted by molar-refractivity contribution is -0.122. The lowest BCUT2D eigenvalue weighted by Crippen LogP contribution is -2.32. The zero-order valence-electron chi connectivity index (χ0n) is 12.5. The van der Waals surface area contributed by atoms with Gasteiger partial charge in [-0.1, -0.05) is 0 Å². The maximum Gasteiger partial charge on any atom is 0.276 e. The molecule has 21 heavy (non-hydrogen) atoms. The highest BCUT2D eigenvalue weighted by Crippen LogP contribution is 2.16. The number of hydrogen-bond donors (Lipinski definition) is 1. The van der Waals surface area contributed by atoms with E-state index in [1.165, 1.54) is 0 Å². The first-order chi connectivity index (χ1) is 10.1. The van der Waals surface area contributed by atoms with Gasteiger partial charge in [-0.3, -0.25) is 14.4 Å². The van der Waals surface area contributed by atoms with Crippen LogP contribution in [0.4, 0.5) is 0 Å². The van der Waals surface area contributed by atoms with Crippen LogP contribution >= 0.6 is 12.2 Å². The normalized spacial score (nSPS) is 16.9. The molecule has 7 heteroatoms. The van der Waals surface area contributed by atoms with E-state index in [4.69, 9.17) is 17.0 Å². The first-order valence-corrected chi connectivity index (χ1v) is 7.35. The van der Waals surface area contributed by atoms with Crippen LogP contribution < -0.4 is 5.32 Å². The third-order valence-electron chi connectivity index (χ3n) is 3.30. The molecule has 6 nitrogen and oxygen atoms in total. The van der Waals surface area contributed by atoms with Crippen molar-refractivity contribution < 1.29 is 9.53 Å². The molecule has 0 aliphatic carbocycles. The fourth-order valence-corrected chi connectivity index (χ4v) is 2.42. The molecule has 0 unspecified atom stereocenters. The monoisotopic (exact) mass is 308 g/mol. The Morgan fingerprint density at radius 1 is 1.52 bits per heavy atom. The molecule has 0 atom stereocenters. The summed E-state index contributed by atoms with van der Waals surface area (Å²) in [4.78, 5) is 13.9. The molecule has 1 fully saturated rings. The average molecular weight is 308 g/mol. The van der Waals surface area contributed by atoms with Crippen molar-refractivity contribution in [2.75, 3.05) is 20.3 Å². The summed E-state index contributed by atoms with van der Waals surface area (Å²) >= 11 is 5.21. The van der Waals surface area contributed by atoms with Crippen molar-refractivity contribution in [3.63, 3.8) is 0 Å². The number of nitrogens with zero attached hydrogens (tertiary/aromatic N) is 3. The molecular weight excluding hydrogens is 288 g/mol. The first-order valence-electron chi connectivity index (χ1n) is 6.94. The molecule has 1 aliphatic heterocycles. The molecule has 1 aromatic rings. The molecule has 0 saturated carbocycles. The number of methoxy groups -OCH3 is 1. The molecule has 2 heterocycles. The third-order valence-corrected chi connectivity index (χ3v) is 3.62. The molecule has 0 aromatic carbocycles. The van der Waals surface area contributed by atoms with Crippen molar-refractivity contribution in [1.82, 2.24) is 20.0 Å². The molecule has 1 amide bonds. The largest absolute Gasteiger partial charge is 0.385 e. The number of carbonyl (C=O) groups is 1. The molecule has 2 rings (SSSR count). The summed E-state index contributed by atoms with van der Waals surface area (Å²) in [5.74, 6) is -0.0975. The van der Waals surface area contributed by atoms with Gasteiger partial charge in [0.05, 0.1) is 5.69 Å². The number of hydrogen-bond acceptors (Lipinski definition) is 4. The van der Waals surface area contributed by atoms with Gasteiger partial charge in [0.1, 0.15) is 5.70 Å². The molecule has 0 spiro atoms. The number of ether oxygens (including phenoxy) is 1. The Morgan fingerprint density at radius 3 is 2.90 bits per heavy atom. The smallest absolute Gasteiger partial charge is 0.276 e. The number of amides is 1. The maximum atomic E-state index is 12.3. The predicted molar refractivity (Wildman–Crippen MR) is 84.6 cm³/mol. The van der Waals surface area contributed by atoms with Crippen LogP contribution in [0.15, 0.2) is 11.9 Å². The van der Waals surface area contributed by atoms with Crippen LogP contribution in [0.5, 0.6) is 0 Å². The van der Waals surface area contributed by atoms with Gasteiger partial charge in [0.15, 0.2) is 5.11 Å². The number of aryl methyl sites for hydroxylation is 2. The predicted octanol–water partition coefficient (Wildman–Crippen LogP) is 1.31. The molecule has 1 aliphatic rings. The fraction of sp³-hybridized carbons (Fsp3) is 0.500. The standard InChI is InChI=1S/C14H20N4O2S/c1-4-17-9-11(10(2)16-17)8-12-13(19)18(14(21)15-12)6-5-7-20-3/h8-9H,4-7H2,1-3H3,(H,15,21)/b12-8+. The minimum absolute atomic E-state index is 0.0975. The maximum absolute atomic E-state index is 12.3. The Hall–Kier alpha value is -1.73. The molecule has 1 aromatic heterocycles. The Labute approximate surface area is 129 Å². The number of nitrogens with one attached hydrogen (secondary N) is 1. The summed E-state index contributed by atoms with van der Waals surface area (Å²) in [7, 11) is 1.64. The Bertz CT molecular complexity index is 580. The van der Waals surface area contributed by atoms with Crippen molar-refractivity contribution in [2.45, 2.75) is 26.8 Å². The number of thiocarbonyl (C=S) groups is 1.